The molecule has 0 spiro atoms. The van der Waals surface area contributed by atoms with Crippen LogP contribution < -0.4 is 14.8 Å². The second kappa shape index (κ2) is 9.02. The Kier molecular flexibility index (Phi) is 6.18. The second-order valence-electron chi connectivity index (χ2n) is 7.14. The van der Waals surface area contributed by atoms with Crippen LogP contribution in [0.25, 0.3) is 11.2 Å². The lowest BCUT2D eigenvalue weighted by Crippen LogP contribution is -2.33. The average Bonchev–Trinajstić information content (AvgIpc) is 3.35. The maximum atomic E-state index is 10.3. The second-order valence-corrected chi connectivity index (χ2v) is 7.14. The topological polar surface area (TPSA) is 144 Å². The van der Waals surface area contributed by atoms with Crippen LogP contribution in [0, 0.1) is 0 Å². The van der Waals surface area contributed by atoms with E-state index in [1.165, 1.54) is 17.2 Å². The highest BCUT2D eigenvalue weighted by Crippen LogP contribution is 2.32. The molecule has 1 aromatic carbocycles. The summed E-state index contributed by atoms with van der Waals surface area (Å²) in [4.78, 5) is 12.9. The van der Waals surface area contributed by atoms with Crippen molar-refractivity contribution in [2.24, 2.45) is 0 Å². The van der Waals surface area contributed by atoms with Gasteiger partial charge in [0.05, 0.1) is 27.2 Å². The Morgan fingerprint density at radius 2 is 1.90 bits per heavy atom. The maximum Gasteiger partial charge on any atom is 0.167 e. The van der Waals surface area contributed by atoms with Crippen molar-refractivity contribution in [1.82, 2.24) is 19.5 Å². The molecule has 4 atom stereocenters. The van der Waals surface area contributed by atoms with Crippen molar-refractivity contribution < 1.29 is 29.5 Å². The lowest BCUT2D eigenvalue weighted by atomic mass is 10.1. The van der Waals surface area contributed by atoms with E-state index in [1.807, 2.05) is 18.2 Å². The van der Waals surface area contributed by atoms with Gasteiger partial charge in [-0.15, -0.1) is 0 Å². The van der Waals surface area contributed by atoms with E-state index in [1.54, 1.807) is 14.2 Å². The first-order valence-electron chi connectivity index (χ1n) is 9.82. The molecule has 0 amide bonds. The van der Waals surface area contributed by atoms with Crippen LogP contribution in [0.5, 0.6) is 11.5 Å². The lowest BCUT2D eigenvalue weighted by molar-refractivity contribution is -0.0511. The standard InChI is InChI=1S/C20H25N5O6/c1-29-12-4-3-11(7-13(12)30-2)5-6-21-18-15-19(23-9-22-18)25(10-24-15)20-17(28)16(27)14(8-26)31-20/h3-4,7,9-10,14,16-17,20,26-28H,5-6,8H2,1-2H3,(H,21,22,23)/t14-,16-,17-,20?/m1/s1. The number of aliphatic hydroxyl groups is 3. The summed E-state index contributed by atoms with van der Waals surface area (Å²) in [5.74, 6) is 1.88. The molecule has 4 rings (SSSR count). The molecule has 0 aliphatic carbocycles. The van der Waals surface area contributed by atoms with Gasteiger partial charge in [0.15, 0.2) is 34.7 Å². The third-order valence-corrected chi connectivity index (χ3v) is 5.30. The minimum Gasteiger partial charge on any atom is -0.493 e. The number of aromatic nitrogens is 4. The number of hydrogen-bond donors (Lipinski definition) is 4. The van der Waals surface area contributed by atoms with Crippen LogP contribution in [0.15, 0.2) is 30.9 Å². The fourth-order valence-corrected chi connectivity index (χ4v) is 3.64. The average molecular weight is 431 g/mol. The highest BCUT2D eigenvalue weighted by atomic mass is 16.6. The zero-order valence-electron chi connectivity index (χ0n) is 17.2. The predicted octanol–water partition coefficient (Wildman–Crippen LogP) is 0.110. The van der Waals surface area contributed by atoms with Gasteiger partial charge in [0.25, 0.3) is 0 Å². The van der Waals surface area contributed by atoms with Gasteiger partial charge in [-0.25, -0.2) is 15.0 Å². The third kappa shape index (κ3) is 4.00. The van der Waals surface area contributed by atoms with E-state index in [2.05, 4.69) is 20.3 Å². The van der Waals surface area contributed by atoms with Gasteiger partial charge in [-0.3, -0.25) is 4.57 Å². The summed E-state index contributed by atoms with van der Waals surface area (Å²) in [6.45, 7) is 0.182. The van der Waals surface area contributed by atoms with Gasteiger partial charge in [0.2, 0.25) is 0 Å². The van der Waals surface area contributed by atoms with Gasteiger partial charge in [0.1, 0.15) is 24.6 Å². The Labute approximate surface area is 178 Å². The Hall–Kier alpha value is -2.99. The van der Waals surface area contributed by atoms with E-state index < -0.39 is 31.1 Å². The number of benzene rings is 1. The van der Waals surface area contributed by atoms with Crippen LogP contribution in [0.2, 0.25) is 0 Å². The summed E-state index contributed by atoms with van der Waals surface area (Å²) in [5, 5.41) is 32.9. The van der Waals surface area contributed by atoms with Crippen LogP contribution in [-0.4, -0.2) is 80.5 Å². The van der Waals surface area contributed by atoms with Gasteiger partial charge < -0.3 is 34.8 Å². The summed E-state index contributed by atoms with van der Waals surface area (Å²) in [6, 6.07) is 5.75. The number of ether oxygens (including phenoxy) is 3. The van der Waals surface area contributed by atoms with Gasteiger partial charge >= 0.3 is 0 Å². The zero-order valence-corrected chi connectivity index (χ0v) is 17.2. The van der Waals surface area contributed by atoms with E-state index in [9.17, 15) is 15.3 Å². The van der Waals surface area contributed by atoms with Gasteiger partial charge in [-0.1, -0.05) is 6.07 Å². The minimum absolute atomic E-state index is 0.403. The molecule has 3 heterocycles. The van der Waals surface area contributed by atoms with Crippen molar-refractivity contribution in [3.05, 3.63) is 36.4 Å². The molecule has 2 aromatic heterocycles. The first-order valence-corrected chi connectivity index (χ1v) is 9.82. The Bertz CT molecular complexity index is 1040. The lowest BCUT2D eigenvalue weighted by Gasteiger charge is -2.16. The molecular formula is C20H25N5O6. The molecule has 31 heavy (non-hydrogen) atoms. The van der Waals surface area contributed by atoms with Crippen LogP contribution in [0.3, 0.4) is 0 Å². The summed E-state index contributed by atoms with van der Waals surface area (Å²) < 4.78 is 17.7. The molecule has 0 radical (unpaired) electrons. The van der Waals surface area contributed by atoms with Gasteiger partial charge in [-0.2, -0.15) is 0 Å². The highest BCUT2D eigenvalue weighted by Gasteiger charge is 2.44. The molecule has 11 heteroatoms. The largest absolute Gasteiger partial charge is 0.493 e. The number of imidazole rings is 1. The fourth-order valence-electron chi connectivity index (χ4n) is 3.64. The SMILES string of the molecule is COc1ccc(CCNc2ncnc3c2ncn3C2O[C@H](CO)[C@@H](O)[C@H]2O)cc1OC. The van der Waals surface area contributed by atoms with E-state index in [-0.39, 0.29) is 0 Å². The summed E-state index contributed by atoms with van der Waals surface area (Å²) >= 11 is 0. The molecule has 166 valence electrons. The maximum absolute atomic E-state index is 10.3. The minimum atomic E-state index is -1.22. The zero-order chi connectivity index (χ0) is 22.0. The molecule has 0 bridgehead atoms. The molecule has 3 aromatic rings. The Morgan fingerprint density at radius 3 is 2.61 bits per heavy atom. The van der Waals surface area contributed by atoms with Gasteiger partial charge in [0, 0.05) is 6.54 Å². The first-order chi connectivity index (χ1) is 15.1. The van der Waals surface area contributed by atoms with E-state index >= 15 is 0 Å². The van der Waals surface area contributed by atoms with E-state index in [0.29, 0.717) is 41.4 Å². The van der Waals surface area contributed by atoms with E-state index in [0.717, 1.165) is 5.56 Å². The van der Waals surface area contributed by atoms with Crippen molar-refractivity contribution in [2.75, 3.05) is 32.7 Å². The number of rotatable bonds is 8. The number of fused-ring (bicyclic) bond motifs is 1. The Balaban J connectivity index is 1.49. The molecule has 1 unspecified atom stereocenters. The molecule has 1 aliphatic heterocycles. The summed E-state index contributed by atoms with van der Waals surface area (Å²) in [7, 11) is 3.19. The fraction of sp³-hybridized carbons (Fsp3) is 0.450. The van der Waals surface area contributed by atoms with Crippen molar-refractivity contribution >= 4 is 17.0 Å². The van der Waals surface area contributed by atoms with Crippen molar-refractivity contribution in [3.63, 3.8) is 0 Å². The molecule has 1 fully saturated rings. The number of methoxy groups -OCH3 is 2. The van der Waals surface area contributed by atoms with Crippen molar-refractivity contribution in [1.29, 1.82) is 0 Å². The quantitative estimate of drug-likeness (QED) is 0.388. The van der Waals surface area contributed by atoms with Crippen LogP contribution >= 0.6 is 0 Å². The van der Waals surface area contributed by atoms with Crippen LogP contribution in [0.4, 0.5) is 5.82 Å². The van der Waals surface area contributed by atoms with Crippen LogP contribution in [-0.2, 0) is 11.2 Å². The molecule has 1 aliphatic rings. The molecule has 0 saturated carbocycles. The molecule has 1 saturated heterocycles. The number of nitrogens with zero attached hydrogens (tertiary/aromatic N) is 4. The van der Waals surface area contributed by atoms with Crippen molar-refractivity contribution in [2.45, 2.75) is 31.0 Å². The molecular weight excluding hydrogens is 406 g/mol. The number of nitrogens with one attached hydrogen (secondary N) is 1. The number of aliphatic hydroxyl groups excluding tert-OH is 3. The summed E-state index contributed by atoms with van der Waals surface area (Å²) in [6.07, 6.45) is -0.634. The number of hydrogen-bond acceptors (Lipinski definition) is 10. The van der Waals surface area contributed by atoms with Crippen molar-refractivity contribution in [3.8, 4) is 11.5 Å². The van der Waals surface area contributed by atoms with Gasteiger partial charge in [-0.05, 0) is 24.1 Å². The smallest absolute Gasteiger partial charge is 0.167 e. The van der Waals surface area contributed by atoms with E-state index in [4.69, 9.17) is 14.2 Å². The predicted molar refractivity (Wildman–Crippen MR) is 110 cm³/mol. The first kappa shape index (κ1) is 21.2. The van der Waals surface area contributed by atoms with Crippen LogP contribution in [0.1, 0.15) is 11.8 Å². The third-order valence-electron chi connectivity index (χ3n) is 5.30. The summed E-state index contributed by atoms with van der Waals surface area (Å²) in [5.41, 5.74) is 2.01. The normalized spacial score (nSPS) is 23.3. The number of anilines is 1. The highest BCUT2D eigenvalue weighted by molar-refractivity contribution is 5.82. The Morgan fingerprint density at radius 1 is 1.10 bits per heavy atom. The molecule has 4 N–H and O–H groups in total. The monoisotopic (exact) mass is 431 g/mol. The molecule has 11 nitrogen and oxygen atoms in total.